The normalized spacial score (nSPS) is 10.3. The van der Waals surface area contributed by atoms with Crippen LogP contribution in [-0.4, -0.2) is 4.98 Å². The fraction of sp³-hybridized carbons (Fsp3) is 0.0833. The minimum atomic E-state index is 0.707. The van der Waals surface area contributed by atoms with Gasteiger partial charge < -0.3 is 0 Å². The summed E-state index contributed by atoms with van der Waals surface area (Å²) in [7, 11) is 0. The third kappa shape index (κ3) is 2.71. The fourth-order valence-corrected chi connectivity index (χ4v) is 1.78. The number of hydrogen-bond acceptors (Lipinski definition) is 1. The molecule has 0 unspecified atom stereocenters. The number of aromatic nitrogens is 1. The molecule has 76 valence electrons. The highest BCUT2D eigenvalue weighted by Gasteiger charge is 2.02. The van der Waals surface area contributed by atoms with Crippen LogP contribution in [-0.2, 0) is 6.42 Å². The Kier molecular flexibility index (Phi) is 3.24. The van der Waals surface area contributed by atoms with Gasteiger partial charge >= 0.3 is 0 Å². The molecule has 2 rings (SSSR count). The summed E-state index contributed by atoms with van der Waals surface area (Å²) in [6.45, 7) is 0. The molecule has 0 saturated carbocycles. The first-order valence-corrected chi connectivity index (χ1v) is 5.34. The molecule has 1 aromatic carbocycles. The molecule has 0 bridgehead atoms. The van der Waals surface area contributed by atoms with Gasteiger partial charge in [-0.15, -0.1) is 0 Å². The Balaban J connectivity index is 2.28. The monoisotopic (exact) mass is 237 g/mol. The van der Waals surface area contributed by atoms with Gasteiger partial charge in [0, 0.05) is 28.9 Å². The van der Waals surface area contributed by atoms with Crippen LogP contribution in [0.3, 0.4) is 0 Å². The molecule has 1 heterocycles. The van der Waals surface area contributed by atoms with E-state index in [-0.39, 0.29) is 0 Å². The maximum atomic E-state index is 6.07. The Labute approximate surface area is 98.7 Å². The molecule has 0 radical (unpaired) electrons. The first kappa shape index (κ1) is 10.5. The fourth-order valence-electron chi connectivity index (χ4n) is 1.40. The van der Waals surface area contributed by atoms with Crippen LogP contribution >= 0.6 is 23.2 Å². The van der Waals surface area contributed by atoms with Crippen molar-refractivity contribution >= 4 is 23.2 Å². The quantitative estimate of drug-likeness (QED) is 0.771. The molecule has 0 amide bonds. The zero-order chi connectivity index (χ0) is 10.7. The lowest BCUT2D eigenvalue weighted by atomic mass is 10.1. The molecule has 0 fully saturated rings. The van der Waals surface area contributed by atoms with Crippen molar-refractivity contribution in [3.05, 3.63) is 63.9 Å². The van der Waals surface area contributed by atoms with Crippen LogP contribution in [0.4, 0.5) is 0 Å². The maximum absolute atomic E-state index is 6.07. The van der Waals surface area contributed by atoms with Crippen LogP contribution in [0.2, 0.25) is 10.0 Å². The molecule has 2 aromatic rings. The summed E-state index contributed by atoms with van der Waals surface area (Å²) in [5.41, 5.74) is 2.15. The van der Waals surface area contributed by atoms with Crippen molar-refractivity contribution in [3.63, 3.8) is 0 Å². The molecule has 1 aromatic heterocycles. The highest BCUT2D eigenvalue weighted by atomic mass is 35.5. The highest BCUT2D eigenvalue weighted by molar-refractivity contribution is 6.33. The van der Waals surface area contributed by atoms with E-state index in [1.807, 2.05) is 30.5 Å². The Hall–Kier alpha value is -1.05. The summed E-state index contributed by atoms with van der Waals surface area (Å²) in [4.78, 5) is 4.06. The molecule has 0 atom stereocenters. The number of benzene rings is 1. The predicted octanol–water partition coefficient (Wildman–Crippen LogP) is 3.98. The maximum Gasteiger partial charge on any atom is 0.0442 e. The van der Waals surface area contributed by atoms with E-state index < -0.39 is 0 Å². The van der Waals surface area contributed by atoms with E-state index in [9.17, 15) is 0 Å². The van der Waals surface area contributed by atoms with Gasteiger partial charge in [-0.3, -0.25) is 4.98 Å². The lowest BCUT2D eigenvalue weighted by Crippen LogP contribution is -1.89. The van der Waals surface area contributed by atoms with E-state index in [4.69, 9.17) is 23.2 Å². The molecular formula is C12H9Cl2N. The Morgan fingerprint density at radius 3 is 2.73 bits per heavy atom. The van der Waals surface area contributed by atoms with E-state index in [0.717, 1.165) is 22.6 Å². The molecule has 0 spiro atoms. The summed E-state index contributed by atoms with van der Waals surface area (Å²) in [5.74, 6) is 0. The molecule has 3 heteroatoms. The Morgan fingerprint density at radius 2 is 2.00 bits per heavy atom. The Bertz CT molecular complexity index is 454. The first-order valence-electron chi connectivity index (χ1n) is 4.58. The van der Waals surface area contributed by atoms with Gasteiger partial charge in [-0.25, -0.2) is 0 Å². The van der Waals surface area contributed by atoms with Gasteiger partial charge in [-0.05, 0) is 35.4 Å². The standard InChI is InChI=1S/C12H9Cl2N/c13-11-3-4-12(14)10(7-11)6-9-2-1-5-15-8-9/h1-5,7-8H,6H2. The van der Waals surface area contributed by atoms with Gasteiger partial charge in [0.15, 0.2) is 0 Å². The SMILES string of the molecule is Clc1ccc(Cl)c(Cc2cccnc2)c1. The average Bonchev–Trinajstić information content (AvgIpc) is 2.25. The minimum absolute atomic E-state index is 0.707. The molecule has 0 aliphatic heterocycles. The number of rotatable bonds is 2. The smallest absolute Gasteiger partial charge is 0.0442 e. The largest absolute Gasteiger partial charge is 0.264 e. The van der Waals surface area contributed by atoms with Gasteiger partial charge in [-0.1, -0.05) is 29.3 Å². The van der Waals surface area contributed by atoms with Crippen molar-refractivity contribution < 1.29 is 0 Å². The number of hydrogen-bond donors (Lipinski definition) is 0. The van der Waals surface area contributed by atoms with E-state index in [0.29, 0.717) is 5.02 Å². The molecule has 0 aliphatic rings. The van der Waals surface area contributed by atoms with Gasteiger partial charge in [0.25, 0.3) is 0 Å². The first-order chi connectivity index (χ1) is 7.25. The van der Waals surface area contributed by atoms with Crippen LogP contribution in [0.1, 0.15) is 11.1 Å². The van der Waals surface area contributed by atoms with E-state index in [2.05, 4.69) is 4.98 Å². The van der Waals surface area contributed by atoms with Crippen LogP contribution in [0.15, 0.2) is 42.7 Å². The minimum Gasteiger partial charge on any atom is -0.264 e. The molecule has 15 heavy (non-hydrogen) atoms. The van der Waals surface area contributed by atoms with Gasteiger partial charge in [0.05, 0.1) is 0 Å². The highest BCUT2D eigenvalue weighted by Crippen LogP contribution is 2.22. The number of halogens is 2. The van der Waals surface area contributed by atoms with Gasteiger partial charge in [0.2, 0.25) is 0 Å². The van der Waals surface area contributed by atoms with Crippen LogP contribution in [0.5, 0.6) is 0 Å². The summed E-state index contributed by atoms with van der Waals surface area (Å²) in [6.07, 6.45) is 4.34. The summed E-state index contributed by atoms with van der Waals surface area (Å²) in [5, 5.41) is 1.45. The Morgan fingerprint density at radius 1 is 1.13 bits per heavy atom. The second-order valence-corrected chi connectivity index (χ2v) is 4.12. The van der Waals surface area contributed by atoms with Crippen molar-refractivity contribution in [2.24, 2.45) is 0 Å². The van der Waals surface area contributed by atoms with Crippen molar-refractivity contribution in [2.75, 3.05) is 0 Å². The van der Waals surface area contributed by atoms with Gasteiger partial charge in [0.1, 0.15) is 0 Å². The predicted molar refractivity (Wildman–Crippen MR) is 63.5 cm³/mol. The molecule has 0 saturated heterocycles. The second kappa shape index (κ2) is 4.65. The van der Waals surface area contributed by atoms with Crippen molar-refractivity contribution in [1.29, 1.82) is 0 Å². The average molecular weight is 238 g/mol. The lowest BCUT2D eigenvalue weighted by molar-refractivity contribution is 1.15. The molecule has 1 nitrogen and oxygen atoms in total. The molecule has 0 N–H and O–H groups in total. The van der Waals surface area contributed by atoms with Gasteiger partial charge in [-0.2, -0.15) is 0 Å². The topological polar surface area (TPSA) is 12.9 Å². The summed E-state index contributed by atoms with van der Waals surface area (Å²) >= 11 is 12.0. The van der Waals surface area contributed by atoms with Crippen LogP contribution in [0, 0.1) is 0 Å². The van der Waals surface area contributed by atoms with Crippen LogP contribution < -0.4 is 0 Å². The van der Waals surface area contributed by atoms with E-state index >= 15 is 0 Å². The van der Waals surface area contributed by atoms with Crippen molar-refractivity contribution in [1.82, 2.24) is 4.98 Å². The second-order valence-electron chi connectivity index (χ2n) is 3.27. The lowest BCUT2D eigenvalue weighted by Gasteiger charge is -2.04. The number of nitrogens with zero attached hydrogens (tertiary/aromatic N) is 1. The van der Waals surface area contributed by atoms with Crippen LogP contribution in [0.25, 0.3) is 0 Å². The third-order valence-corrected chi connectivity index (χ3v) is 2.73. The zero-order valence-electron chi connectivity index (χ0n) is 7.95. The van der Waals surface area contributed by atoms with Crippen molar-refractivity contribution in [3.8, 4) is 0 Å². The third-order valence-electron chi connectivity index (χ3n) is 2.13. The van der Waals surface area contributed by atoms with Crippen molar-refractivity contribution in [2.45, 2.75) is 6.42 Å². The van der Waals surface area contributed by atoms with E-state index in [1.165, 1.54) is 0 Å². The molecule has 0 aliphatic carbocycles. The molecular weight excluding hydrogens is 229 g/mol. The summed E-state index contributed by atoms with van der Waals surface area (Å²) < 4.78 is 0. The zero-order valence-corrected chi connectivity index (χ0v) is 9.46. The summed E-state index contributed by atoms with van der Waals surface area (Å²) in [6, 6.07) is 9.42. The number of pyridine rings is 1. The van der Waals surface area contributed by atoms with E-state index in [1.54, 1.807) is 12.3 Å².